The van der Waals surface area contributed by atoms with Crippen LogP contribution in [0.1, 0.15) is 35.7 Å². The summed E-state index contributed by atoms with van der Waals surface area (Å²) >= 11 is 0. The SMILES string of the molecule is CCOc1nc2c(c(C)nn2-c2ccccc2)c(C)c1CCC(=O)Nc1ccc(C)c(F)c1. The fourth-order valence-electron chi connectivity index (χ4n) is 3.96. The van der Waals surface area contributed by atoms with Crippen molar-refractivity contribution in [2.24, 2.45) is 0 Å². The van der Waals surface area contributed by atoms with Crippen LogP contribution in [0, 0.1) is 26.6 Å². The number of carbonyl (C=O) groups excluding carboxylic acids is 1. The molecule has 0 aliphatic rings. The molecule has 2 aromatic carbocycles. The second-order valence-electron chi connectivity index (χ2n) is 8.00. The Bertz CT molecular complexity index is 1320. The van der Waals surface area contributed by atoms with Crippen molar-refractivity contribution in [2.75, 3.05) is 11.9 Å². The van der Waals surface area contributed by atoms with Crippen molar-refractivity contribution < 1.29 is 13.9 Å². The smallest absolute Gasteiger partial charge is 0.224 e. The predicted molar refractivity (Wildman–Crippen MR) is 128 cm³/mol. The van der Waals surface area contributed by atoms with Crippen molar-refractivity contribution in [3.63, 3.8) is 0 Å². The molecule has 7 heteroatoms. The maximum absolute atomic E-state index is 13.8. The molecule has 0 aliphatic heterocycles. The standard InChI is InChI=1S/C26H27FN4O2/c1-5-33-26-21(13-14-23(32)28-19-12-11-16(2)22(27)15-19)17(3)24-18(4)30-31(25(24)29-26)20-9-7-6-8-10-20/h6-12,15H,5,13-14H2,1-4H3,(H,28,32). The molecule has 0 saturated heterocycles. The molecule has 0 fully saturated rings. The van der Waals surface area contributed by atoms with Crippen LogP contribution < -0.4 is 10.1 Å². The van der Waals surface area contributed by atoms with E-state index in [1.54, 1.807) is 19.1 Å². The number of anilines is 1. The molecule has 0 bridgehead atoms. The Hall–Kier alpha value is -3.74. The van der Waals surface area contributed by atoms with E-state index in [0.29, 0.717) is 30.2 Å². The number of ether oxygens (including phenoxy) is 1. The Morgan fingerprint density at radius 1 is 1.12 bits per heavy atom. The molecule has 0 aliphatic carbocycles. The summed E-state index contributed by atoms with van der Waals surface area (Å²) in [6.45, 7) is 8.02. The molecule has 0 saturated carbocycles. The fourth-order valence-corrected chi connectivity index (χ4v) is 3.96. The van der Waals surface area contributed by atoms with Crippen LogP contribution in [0.5, 0.6) is 5.88 Å². The molecule has 4 rings (SSSR count). The molecule has 33 heavy (non-hydrogen) atoms. The van der Waals surface area contributed by atoms with Gasteiger partial charge in [0, 0.05) is 23.1 Å². The maximum Gasteiger partial charge on any atom is 0.224 e. The highest BCUT2D eigenvalue weighted by Crippen LogP contribution is 2.32. The number of nitrogens with zero attached hydrogens (tertiary/aromatic N) is 3. The molecule has 1 amide bonds. The molecule has 170 valence electrons. The lowest BCUT2D eigenvalue weighted by Gasteiger charge is -2.14. The molecule has 0 radical (unpaired) electrons. The van der Waals surface area contributed by atoms with Crippen molar-refractivity contribution in [1.29, 1.82) is 0 Å². The molecule has 2 heterocycles. The summed E-state index contributed by atoms with van der Waals surface area (Å²) in [6.07, 6.45) is 0.662. The van der Waals surface area contributed by atoms with Gasteiger partial charge in [-0.3, -0.25) is 4.79 Å². The van der Waals surface area contributed by atoms with Crippen LogP contribution >= 0.6 is 0 Å². The minimum absolute atomic E-state index is 0.197. The Kier molecular flexibility index (Phi) is 6.40. The summed E-state index contributed by atoms with van der Waals surface area (Å²) in [6, 6.07) is 14.5. The van der Waals surface area contributed by atoms with E-state index in [4.69, 9.17) is 14.8 Å². The molecular formula is C26H27FN4O2. The van der Waals surface area contributed by atoms with E-state index in [1.165, 1.54) is 6.07 Å². The van der Waals surface area contributed by atoms with Crippen molar-refractivity contribution in [3.05, 3.63) is 76.7 Å². The van der Waals surface area contributed by atoms with Gasteiger partial charge in [-0.25, -0.2) is 9.07 Å². The van der Waals surface area contributed by atoms with Crippen molar-refractivity contribution in [1.82, 2.24) is 14.8 Å². The normalized spacial score (nSPS) is 11.1. The molecule has 1 N–H and O–H groups in total. The average Bonchev–Trinajstić information content (AvgIpc) is 3.13. The van der Waals surface area contributed by atoms with Gasteiger partial charge in [-0.15, -0.1) is 0 Å². The number of hydrogen-bond acceptors (Lipinski definition) is 4. The van der Waals surface area contributed by atoms with Gasteiger partial charge < -0.3 is 10.1 Å². The van der Waals surface area contributed by atoms with Crippen molar-refractivity contribution in [3.8, 4) is 11.6 Å². The lowest BCUT2D eigenvalue weighted by Crippen LogP contribution is -2.14. The number of hydrogen-bond donors (Lipinski definition) is 1. The second kappa shape index (κ2) is 9.40. The van der Waals surface area contributed by atoms with Gasteiger partial charge in [-0.05, 0) is 69.5 Å². The van der Waals surface area contributed by atoms with Crippen LogP contribution in [0.25, 0.3) is 16.7 Å². The quantitative estimate of drug-likeness (QED) is 0.410. The first kappa shape index (κ1) is 22.5. The molecule has 0 spiro atoms. The number of benzene rings is 2. The highest BCUT2D eigenvalue weighted by Gasteiger charge is 2.20. The zero-order chi connectivity index (χ0) is 23.5. The van der Waals surface area contributed by atoms with E-state index in [-0.39, 0.29) is 18.1 Å². The number of aryl methyl sites for hydroxylation is 3. The fraction of sp³-hybridized carbons (Fsp3) is 0.269. The lowest BCUT2D eigenvalue weighted by molar-refractivity contribution is -0.116. The monoisotopic (exact) mass is 446 g/mol. The van der Waals surface area contributed by atoms with Gasteiger partial charge >= 0.3 is 0 Å². The molecule has 0 unspecified atom stereocenters. The number of rotatable bonds is 7. The zero-order valence-electron chi connectivity index (χ0n) is 19.3. The molecule has 0 atom stereocenters. The average molecular weight is 447 g/mol. The number of pyridine rings is 1. The number of aromatic nitrogens is 3. The van der Waals surface area contributed by atoms with Crippen LogP contribution in [-0.2, 0) is 11.2 Å². The van der Waals surface area contributed by atoms with Gasteiger partial charge in [0.05, 0.1) is 18.0 Å². The predicted octanol–water partition coefficient (Wildman–Crippen LogP) is 5.45. The largest absolute Gasteiger partial charge is 0.478 e. The van der Waals surface area contributed by atoms with E-state index in [0.717, 1.165) is 33.5 Å². The molecule has 4 aromatic rings. The van der Waals surface area contributed by atoms with Gasteiger partial charge in [-0.1, -0.05) is 24.3 Å². The van der Waals surface area contributed by atoms with E-state index in [1.807, 2.05) is 55.8 Å². The maximum atomic E-state index is 13.8. The first-order valence-corrected chi connectivity index (χ1v) is 11.0. The Morgan fingerprint density at radius 3 is 2.58 bits per heavy atom. The summed E-state index contributed by atoms with van der Waals surface area (Å²) < 4.78 is 21.5. The van der Waals surface area contributed by atoms with E-state index >= 15 is 0 Å². The Balaban J connectivity index is 1.64. The van der Waals surface area contributed by atoms with Crippen LogP contribution in [0.15, 0.2) is 48.5 Å². The van der Waals surface area contributed by atoms with E-state index in [2.05, 4.69) is 5.32 Å². The number of nitrogens with one attached hydrogen (secondary N) is 1. The van der Waals surface area contributed by atoms with Gasteiger partial charge in [-0.2, -0.15) is 10.1 Å². The highest BCUT2D eigenvalue weighted by atomic mass is 19.1. The first-order valence-electron chi connectivity index (χ1n) is 11.0. The summed E-state index contributed by atoms with van der Waals surface area (Å²) in [5.41, 5.74) is 5.37. The van der Waals surface area contributed by atoms with Crippen LogP contribution in [0.2, 0.25) is 0 Å². The minimum atomic E-state index is -0.345. The van der Waals surface area contributed by atoms with Crippen molar-refractivity contribution >= 4 is 22.6 Å². The van der Waals surface area contributed by atoms with Crippen LogP contribution in [-0.4, -0.2) is 27.3 Å². The number of para-hydroxylation sites is 1. The molecule has 6 nitrogen and oxygen atoms in total. The second-order valence-corrected chi connectivity index (χ2v) is 8.00. The number of amides is 1. The van der Waals surface area contributed by atoms with Gasteiger partial charge in [0.2, 0.25) is 11.8 Å². The zero-order valence-corrected chi connectivity index (χ0v) is 19.3. The summed E-state index contributed by atoms with van der Waals surface area (Å²) in [7, 11) is 0. The Morgan fingerprint density at radius 2 is 1.88 bits per heavy atom. The van der Waals surface area contributed by atoms with Gasteiger partial charge in [0.1, 0.15) is 5.82 Å². The van der Waals surface area contributed by atoms with E-state index in [9.17, 15) is 9.18 Å². The van der Waals surface area contributed by atoms with E-state index < -0.39 is 0 Å². The van der Waals surface area contributed by atoms with Crippen molar-refractivity contribution in [2.45, 2.75) is 40.5 Å². The number of fused-ring (bicyclic) bond motifs is 1. The third-order valence-electron chi connectivity index (χ3n) is 5.67. The molecular weight excluding hydrogens is 419 g/mol. The summed E-state index contributed by atoms with van der Waals surface area (Å²) in [5, 5.41) is 8.44. The third kappa shape index (κ3) is 4.58. The summed E-state index contributed by atoms with van der Waals surface area (Å²) in [4.78, 5) is 17.4. The lowest BCUT2D eigenvalue weighted by atomic mass is 10.0. The van der Waals surface area contributed by atoms with Gasteiger partial charge in [0.15, 0.2) is 5.65 Å². The van der Waals surface area contributed by atoms with Crippen LogP contribution in [0.3, 0.4) is 0 Å². The minimum Gasteiger partial charge on any atom is -0.478 e. The molecule has 2 aromatic heterocycles. The van der Waals surface area contributed by atoms with Crippen LogP contribution in [0.4, 0.5) is 10.1 Å². The third-order valence-corrected chi connectivity index (χ3v) is 5.67. The summed E-state index contributed by atoms with van der Waals surface area (Å²) in [5.74, 6) is -0.0338. The highest BCUT2D eigenvalue weighted by molar-refractivity contribution is 5.91. The Labute approximate surface area is 192 Å². The number of halogens is 1. The van der Waals surface area contributed by atoms with Gasteiger partial charge in [0.25, 0.3) is 0 Å². The number of carbonyl (C=O) groups is 1. The first-order chi connectivity index (χ1) is 15.9. The topological polar surface area (TPSA) is 69.0 Å².